The zero-order valence-electron chi connectivity index (χ0n) is 18.7. The zero-order valence-corrected chi connectivity index (χ0v) is 18.7. The van der Waals surface area contributed by atoms with Crippen molar-refractivity contribution in [1.82, 2.24) is 30.1 Å². The molecule has 3 aromatic rings. The van der Waals surface area contributed by atoms with Crippen molar-refractivity contribution >= 4 is 10.9 Å². The number of fused-ring (bicyclic) bond motifs is 2. The highest BCUT2D eigenvalue weighted by atomic mass is 16.6. The lowest BCUT2D eigenvalue weighted by molar-refractivity contribution is 0.172. The fourth-order valence-corrected chi connectivity index (χ4v) is 4.78. The van der Waals surface area contributed by atoms with E-state index in [0.717, 1.165) is 29.6 Å². The van der Waals surface area contributed by atoms with E-state index in [-0.39, 0.29) is 12.2 Å². The fraction of sp³-hybridized carbons (Fsp3) is 0.565. The van der Waals surface area contributed by atoms with Crippen LogP contribution in [0.4, 0.5) is 0 Å². The van der Waals surface area contributed by atoms with Gasteiger partial charge in [0.2, 0.25) is 0 Å². The molecule has 1 aromatic carbocycles. The van der Waals surface area contributed by atoms with Crippen LogP contribution in [0.1, 0.15) is 56.0 Å². The van der Waals surface area contributed by atoms with E-state index >= 15 is 0 Å². The van der Waals surface area contributed by atoms with E-state index in [1.165, 1.54) is 19.3 Å². The third kappa shape index (κ3) is 4.86. The van der Waals surface area contributed by atoms with Crippen LogP contribution in [0.3, 0.4) is 0 Å². The van der Waals surface area contributed by atoms with Crippen molar-refractivity contribution in [2.45, 2.75) is 57.7 Å². The maximum atomic E-state index is 12.9. The van der Waals surface area contributed by atoms with Gasteiger partial charge < -0.3 is 19.6 Å². The number of ether oxygens (including phenoxy) is 2. The molecule has 0 saturated heterocycles. The monoisotopic (exact) mass is 454 g/mol. The molecule has 1 fully saturated rings. The van der Waals surface area contributed by atoms with Gasteiger partial charge in [0.15, 0.2) is 17.3 Å². The molecule has 10 heteroatoms. The number of H-pyrrole nitrogens is 1. The lowest BCUT2D eigenvalue weighted by Gasteiger charge is -2.25. The van der Waals surface area contributed by atoms with Crippen LogP contribution in [0.5, 0.6) is 11.5 Å². The number of aromatic nitrogens is 5. The first-order valence-corrected chi connectivity index (χ1v) is 11.8. The van der Waals surface area contributed by atoms with Crippen LogP contribution >= 0.6 is 0 Å². The first-order valence-electron chi connectivity index (χ1n) is 11.8. The maximum absolute atomic E-state index is 12.9. The quantitative estimate of drug-likeness (QED) is 0.532. The van der Waals surface area contributed by atoms with Crippen molar-refractivity contribution in [2.75, 3.05) is 26.4 Å². The van der Waals surface area contributed by atoms with Crippen LogP contribution in [-0.4, -0.2) is 61.6 Å². The van der Waals surface area contributed by atoms with Crippen molar-refractivity contribution < 1.29 is 14.6 Å². The molecule has 33 heavy (non-hydrogen) atoms. The Kier molecular flexibility index (Phi) is 6.54. The summed E-state index contributed by atoms with van der Waals surface area (Å²) in [6.07, 6.45) is 6.45. The normalized spacial score (nSPS) is 16.5. The van der Waals surface area contributed by atoms with E-state index in [0.29, 0.717) is 62.4 Å². The molecule has 2 N–H and O–H groups in total. The Bertz CT molecular complexity index is 1150. The topological polar surface area (TPSA) is 118 Å². The van der Waals surface area contributed by atoms with Crippen molar-refractivity contribution in [3.8, 4) is 11.5 Å². The number of rotatable bonds is 8. The molecular weight excluding hydrogens is 424 g/mol. The summed E-state index contributed by atoms with van der Waals surface area (Å²) in [4.78, 5) is 18.0. The summed E-state index contributed by atoms with van der Waals surface area (Å²) in [5.41, 5.74) is 1.23. The standard InChI is InChI=1S/C23H30N6O4/c30-8-4-7-28(15-22-25-26-27-29(22)18-5-2-1-3-6-18)14-17-11-16-12-20-21(33-10-9-32-20)13-19(16)24-23(17)31/h11-13,18,30H,1-10,14-15H2,(H,24,31). The summed E-state index contributed by atoms with van der Waals surface area (Å²) in [5, 5.41) is 22.8. The van der Waals surface area contributed by atoms with Crippen LogP contribution in [0.2, 0.25) is 0 Å². The molecule has 5 rings (SSSR count). The molecule has 10 nitrogen and oxygen atoms in total. The SMILES string of the molecule is O=c1[nH]c2cc3c(cc2cc1CN(CCCO)Cc1nnnn1C1CCCCC1)OCCO3. The van der Waals surface area contributed by atoms with E-state index in [9.17, 15) is 9.90 Å². The Hall–Kier alpha value is -2.98. The summed E-state index contributed by atoms with van der Waals surface area (Å²) in [6.45, 7) is 2.67. The molecule has 1 aliphatic carbocycles. The van der Waals surface area contributed by atoms with Gasteiger partial charge in [-0.25, -0.2) is 4.68 Å². The number of aromatic amines is 1. The lowest BCUT2D eigenvalue weighted by atomic mass is 9.95. The van der Waals surface area contributed by atoms with Gasteiger partial charge in [0.05, 0.1) is 18.1 Å². The van der Waals surface area contributed by atoms with E-state index in [2.05, 4.69) is 25.4 Å². The van der Waals surface area contributed by atoms with Gasteiger partial charge in [-0.05, 0) is 41.8 Å². The average molecular weight is 455 g/mol. The third-order valence-corrected chi connectivity index (χ3v) is 6.46. The number of nitrogens with zero attached hydrogens (tertiary/aromatic N) is 5. The second kappa shape index (κ2) is 9.88. The zero-order chi connectivity index (χ0) is 22.6. The van der Waals surface area contributed by atoms with Crippen molar-refractivity contribution in [3.05, 3.63) is 39.9 Å². The lowest BCUT2D eigenvalue weighted by Crippen LogP contribution is -2.30. The van der Waals surface area contributed by atoms with Gasteiger partial charge >= 0.3 is 0 Å². The number of tetrazole rings is 1. The van der Waals surface area contributed by atoms with Gasteiger partial charge in [0.1, 0.15) is 13.2 Å². The molecule has 0 bridgehead atoms. The number of hydrogen-bond donors (Lipinski definition) is 2. The van der Waals surface area contributed by atoms with Gasteiger partial charge in [-0.1, -0.05) is 19.3 Å². The molecule has 2 aromatic heterocycles. The molecule has 0 amide bonds. The van der Waals surface area contributed by atoms with Crippen molar-refractivity contribution in [3.63, 3.8) is 0 Å². The summed E-state index contributed by atoms with van der Waals surface area (Å²) in [5.74, 6) is 2.14. The van der Waals surface area contributed by atoms with Crippen molar-refractivity contribution in [1.29, 1.82) is 0 Å². The minimum Gasteiger partial charge on any atom is -0.486 e. The number of nitrogens with one attached hydrogen (secondary N) is 1. The van der Waals surface area contributed by atoms with Crippen LogP contribution < -0.4 is 15.0 Å². The smallest absolute Gasteiger partial charge is 0.252 e. The molecule has 0 atom stereocenters. The minimum absolute atomic E-state index is 0.0849. The summed E-state index contributed by atoms with van der Waals surface area (Å²) in [6, 6.07) is 5.96. The maximum Gasteiger partial charge on any atom is 0.252 e. The third-order valence-electron chi connectivity index (χ3n) is 6.46. The van der Waals surface area contributed by atoms with Crippen molar-refractivity contribution in [2.24, 2.45) is 0 Å². The first kappa shape index (κ1) is 21.8. The van der Waals surface area contributed by atoms with Crippen LogP contribution in [0.15, 0.2) is 23.0 Å². The van der Waals surface area contributed by atoms with Gasteiger partial charge in [0.25, 0.3) is 5.56 Å². The number of hydrogen-bond acceptors (Lipinski definition) is 8. The molecule has 176 valence electrons. The van der Waals surface area contributed by atoms with Gasteiger partial charge in [-0.3, -0.25) is 9.69 Å². The number of aliphatic hydroxyl groups excluding tert-OH is 1. The number of aliphatic hydroxyl groups is 1. The Morgan fingerprint density at radius 3 is 2.67 bits per heavy atom. The molecule has 0 unspecified atom stereocenters. The number of benzene rings is 1. The molecule has 0 spiro atoms. The highest BCUT2D eigenvalue weighted by molar-refractivity contribution is 5.83. The molecule has 0 radical (unpaired) electrons. The molecule has 1 aliphatic heterocycles. The van der Waals surface area contributed by atoms with Crippen LogP contribution in [0.25, 0.3) is 10.9 Å². The van der Waals surface area contributed by atoms with Gasteiger partial charge in [-0.15, -0.1) is 5.10 Å². The second-order valence-corrected chi connectivity index (χ2v) is 8.83. The van der Waals surface area contributed by atoms with E-state index in [4.69, 9.17) is 9.47 Å². The number of pyridine rings is 1. The Morgan fingerprint density at radius 1 is 1.09 bits per heavy atom. The predicted molar refractivity (Wildman–Crippen MR) is 121 cm³/mol. The Morgan fingerprint density at radius 2 is 1.88 bits per heavy atom. The van der Waals surface area contributed by atoms with E-state index < -0.39 is 0 Å². The van der Waals surface area contributed by atoms with Crippen LogP contribution in [-0.2, 0) is 13.1 Å². The van der Waals surface area contributed by atoms with Gasteiger partial charge in [0, 0.05) is 36.7 Å². The van der Waals surface area contributed by atoms with E-state index in [1.54, 1.807) is 0 Å². The summed E-state index contributed by atoms with van der Waals surface area (Å²) < 4.78 is 13.3. The summed E-state index contributed by atoms with van der Waals surface area (Å²) in [7, 11) is 0. The first-order chi connectivity index (χ1) is 16.2. The predicted octanol–water partition coefficient (Wildman–Crippen LogP) is 2.18. The fourth-order valence-electron chi connectivity index (χ4n) is 4.78. The van der Waals surface area contributed by atoms with E-state index in [1.807, 2.05) is 22.9 Å². The Labute approximate surface area is 191 Å². The molecule has 2 aliphatic rings. The van der Waals surface area contributed by atoms with Crippen LogP contribution in [0, 0.1) is 0 Å². The molecule has 1 saturated carbocycles. The molecule has 3 heterocycles. The average Bonchev–Trinajstić information content (AvgIpc) is 3.30. The largest absolute Gasteiger partial charge is 0.486 e. The Balaban J connectivity index is 1.39. The highest BCUT2D eigenvalue weighted by Crippen LogP contribution is 2.34. The minimum atomic E-state index is -0.139. The highest BCUT2D eigenvalue weighted by Gasteiger charge is 2.22. The molecular formula is C23H30N6O4. The second-order valence-electron chi connectivity index (χ2n) is 8.83. The van der Waals surface area contributed by atoms with Gasteiger partial charge in [-0.2, -0.15) is 0 Å². The summed E-state index contributed by atoms with van der Waals surface area (Å²) >= 11 is 0.